The van der Waals surface area contributed by atoms with Crippen molar-refractivity contribution in [2.24, 2.45) is 23.7 Å². The molecule has 0 saturated carbocycles. The molecule has 0 radical (unpaired) electrons. The number of anilines is 6. The molecule has 5 aromatic rings. The lowest BCUT2D eigenvalue weighted by Gasteiger charge is -2.27. The van der Waals surface area contributed by atoms with Gasteiger partial charge in [-0.2, -0.15) is 0 Å². The van der Waals surface area contributed by atoms with Crippen LogP contribution in [0.25, 0.3) is 0 Å². The summed E-state index contributed by atoms with van der Waals surface area (Å²) >= 11 is 0. The Morgan fingerprint density at radius 2 is 0.542 bits per heavy atom. The molecule has 0 aromatic carbocycles. The first-order valence-corrected chi connectivity index (χ1v) is 17.5. The van der Waals surface area contributed by atoms with Gasteiger partial charge in [-0.1, -0.05) is 85.7 Å². The molecule has 7 heteroatoms. The van der Waals surface area contributed by atoms with E-state index < -0.39 is 0 Å². The van der Waals surface area contributed by atoms with E-state index in [1.54, 1.807) is 0 Å². The molecule has 0 aliphatic rings. The van der Waals surface area contributed by atoms with Crippen molar-refractivity contribution in [3.8, 4) is 0 Å². The largest absolute Gasteiger partial charge is 0.262 e. The maximum atomic E-state index is 5.33. The van der Waals surface area contributed by atoms with Gasteiger partial charge in [0.05, 0.1) is 0 Å². The third-order valence-electron chi connectivity index (χ3n) is 7.73. The van der Waals surface area contributed by atoms with Crippen LogP contribution in [0.4, 0.5) is 34.9 Å². The van der Waals surface area contributed by atoms with E-state index in [-0.39, 0.29) is 0 Å². The molecule has 0 N–H and O–H groups in total. The molecule has 48 heavy (non-hydrogen) atoms. The molecule has 0 spiro atoms. The summed E-state index contributed by atoms with van der Waals surface area (Å²) in [6, 6.07) is 31.0. The van der Waals surface area contributed by atoms with Gasteiger partial charge in [-0.15, -0.1) is 0 Å². The predicted octanol–water partition coefficient (Wildman–Crippen LogP) is 10.4. The van der Waals surface area contributed by atoms with Crippen molar-refractivity contribution in [2.75, 3.05) is 9.80 Å². The van der Waals surface area contributed by atoms with Crippen molar-refractivity contribution in [3.63, 3.8) is 0 Å². The van der Waals surface area contributed by atoms with Crippen molar-refractivity contribution in [1.82, 2.24) is 24.9 Å². The third-order valence-corrected chi connectivity index (χ3v) is 7.73. The summed E-state index contributed by atoms with van der Waals surface area (Å²) in [6.45, 7) is 17.8. The SMILES string of the molecule is CC(C)Cc1cccc(N(c2cccc(CC(C)C)n2)c2cccc(N(c3cccc(CC(C)C)n3)c3cccc(CC(C)C)n3)n2)n1. The summed E-state index contributed by atoms with van der Waals surface area (Å²) in [5.41, 5.74) is 4.17. The summed E-state index contributed by atoms with van der Waals surface area (Å²) < 4.78 is 0. The zero-order chi connectivity index (χ0) is 34.2. The highest BCUT2D eigenvalue weighted by molar-refractivity contribution is 5.74. The Balaban J connectivity index is 1.68. The zero-order valence-corrected chi connectivity index (χ0v) is 29.9. The van der Waals surface area contributed by atoms with E-state index in [1.165, 1.54) is 0 Å². The minimum Gasteiger partial charge on any atom is -0.262 e. The third kappa shape index (κ3) is 9.24. The summed E-state index contributed by atoms with van der Waals surface area (Å²) in [5, 5.41) is 0. The van der Waals surface area contributed by atoms with Crippen LogP contribution in [-0.4, -0.2) is 24.9 Å². The Kier molecular flexibility index (Phi) is 11.5. The van der Waals surface area contributed by atoms with Crippen LogP contribution in [0, 0.1) is 23.7 Å². The van der Waals surface area contributed by atoms with Gasteiger partial charge in [0.25, 0.3) is 0 Å². The lowest BCUT2D eigenvalue weighted by molar-refractivity contribution is 0.634. The van der Waals surface area contributed by atoms with Gasteiger partial charge in [0, 0.05) is 22.8 Å². The quantitative estimate of drug-likeness (QED) is 0.119. The number of aromatic nitrogens is 5. The van der Waals surface area contributed by atoms with E-state index in [4.69, 9.17) is 24.9 Å². The normalized spacial score (nSPS) is 11.6. The lowest BCUT2D eigenvalue weighted by atomic mass is 10.1. The first-order valence-electron chi connectivity index (χ1n) is 17.5. The molecule has 5 aromatic heterocycles. The van der Waals surface area contributed by atoms with Gasteiger partial charge in [0.1, 0.15) is 34.9 Å². The Labute approximate surface area is 287 Å². The van der Waals surface area contributed by atoms with Crippen LogP contribution >= 0.6 is 0 Å². The Morgan fingerprint density at radius 3 is 0.771 bits per heavy atom. The van der Waals surface area contributed by atoms with Crippen molar-refractivity contribution < 1.29 is 0 Å². The molecular formula is C41H51N7. The van der Waals surface area contributed by atoms with Crippen LogP contribution in [0.15, 0.2) is 91.0 Å². The number of hydrogen-bond acceptors (Lipinski definition) is 7. The van der Waals surface area contributed by atoms with Crippen molar-refractivity contribution in [2.45, 2.75) is 81.1 Å². The Morgan fingerprint density at radius 1 is 0.333 bits per heavy atom. The van der Waals surface area contributed by atoms with Gasteiger partial charge < -0.3 is 0 Å². The first kappa shape index (κ1) is 34.7. The Hall–Kier alpha value is -4.65. The van der Waals surface area contributed by atoms with Crippen molar-refractivity contribution >= 4 is 34.9 Å². The van der Waals surface area contributed by atoms with E-state index in [2.05, 4.69) is 114 Å². The molecule has 0 aliphatic carbocycles. The number of pyridine rings is 5. The van der Waals surface area contributed by atoms with Crippen LogP contribution in [-0.2, 0) is 25.7 Å². The van der Waals surface area contributed by atoms with Gasteiger partial charge in [0.15, 0.2) is 0 Å². The van der Waals surface area contributed by atoms with Gasteiger partial charge in [-0.05, 0) is 110 Å². The Bertz CT molecular complexity index is 1550. The smallest absolute Gasteiger partial charge is 0.142 e. The summed E-state index contributed by atoms with van der Waals surface area (Å²) in [7, 11) is 0. The second-order valence-electron chi connectivity index (χ2n) is 14.4. The molecular weight excluding hydrogens is 591 g/mol. The fourth-order valence-corrected chi connectivity index (χ4v) is 5.86. The topological polar surface area (TPSA) is 70.9 Å². The molecule has 0 aliphatic heterocycles. The van der Waals surface area contributed by atoms with Crippen molar-refractivity contribution in [3.05, 3.63) is 114 Å². The maximum absolute atomic E-state index is 5.33. The average Bonchev–Trinajstić information content (AvgIpc) is 3.01. The van der Waals surface area contributed by atoms with Gasteiger partial charge in [-0.3, -0.25) is 9.80 Å². The molecule has 0 unspecified atom stereocenters. The van der Waals surface area contributed by atoms with Crippen LogP contribution in [0.1, 0.15) is 78.2 Å². The predicted molar refractivity (Wildman–Crippen MR) is 199 cm³/mol. The van der Waals surface area contributed by atoms with E-state index in [0.29, 0.717) is 23.7 Å². The van der Waals surface area contributed by atoms with Gasteiger partial charge in [-0.25, -0.2) is 24.9 Å². The molecule has 0 saturated heterocycles. The summed E-state index contributed by atoms with van der Waals surface area (Å²) in [6.07, 6.45) is 3.56. The fourth-order valence-electron chi connectivity index (χ4n) is 5.86. The minimum atomic E-state index is 0.488. The molecule has 0 bridgehead atoms. The highest BCUT2D eigenvalue weighted by Crippen LogP contribution is 2.36. The van der Waals surface area contributed by atoms with Crippen LogP contribution in [0.5, 0.6) is 0 Å². The monoisotopic (exact) mass is 641 g/mol. The fraction of sp³-hybridized carbons (Fsp3) is 0.390. The van der Waals surface area contributed by atoms with E-state index in [1.807, 2.05) is 42.5 Å². The molecule has 0 atom stereocenters. The molecule has 7 nitrogen and oxygen atoms in total. The maximum Gasteiger partial charge on any atom is 0.142 e. The lowest BCUT2D eigenvalue weighted by Crippen LogP contribution is -2.19. The average molecular weight is 642 g/mol. The van der Waals surface area contributed by atoms with E-state index in [0.717, 1.165) is 83.4 Å². The first-order chi connectivity index (χ1) is 23.0. The van der Waals surface area contributed by atoms with Gasteiger partial charge >= 0.3 is 0 Å². The molecule has 5 heterocycles. The molecule has 5 rings (SSSR count). The van der Waals surface area contributed by atoms with Crippen LogP contribution < -0.4 is 9.80 Å². The summed E-state index contributed by atoms with van der Waals surface area (Å²) in [4.78, 5) is 30.0. The highest BCUT2D eigenvalue weighted by Gasteiger charge is 2.22. The van der Waals surface area contributed by atoms with Gasteiger partial charge in [0.2, 0.25) is 0 Å². The second-order valence-corrected chi connectivity index (χ2v) is 14.4. The number of nitrogens with zero attached hydrogens (tertiary/aromatic N) is 7. The standard InChI is InChI=1S/C41H51N7/c1-28(2)24-32-14-9-18-36(42-32)47(37-19-10-15-33(43-37)25-29(3)4)40-22-13-23-41(46-40)48(38-20-11-16-34(44-38)26-30(5)6)39-21-12-17-35(45-39)27-31(7)8/h9-23,28-31H,24-27H2,1-8H3. The minimum absolute atomic E-state index is 0.488. The highest BCUT2D eigenvalue weighted by atomic mass is 15.3. The van der Waals surface area contributed by atoms with E-state index >= 15 is 0 Å². The van der Waals surface area contributed by atoms with Crippen molar-refractivity contribution in [1.29, 1.82) is 0 Å². The zero-order valence-electron chi connectivity index (χ0n) is 29.9. The molecule has 0 fully saturated rings. The summed E-state index contributed by atoms with van der Waals surface area (Å²) in [5.74, 6) is 6.53. The number of rotatable bonds is 14. The molecule has 250 valence electrons. The molecule has 0 amide bonds. The second kappa shape index (κ2) is 16.0. The number of hydrogen-bond donors (Lipinski definition) is 0. The van der Waals surface area contributed by atoms with E-state index in [9.17, 15) is 0 Å². The van der Waals surface area contributed by atoms with Crippen LogP contribution in [0.3, 0.4) is 0 Å². The van der Waals surface area contributed by atoms with Crippen LogP contribution in [0.2, 0.25) is 0 Å².